The molecule has 4 unspecified atom stereocenters. The van der Waals surface area contributed by atoms with Gasteiger partial charge in [-0.15, -0.1) is 0 Å². The maximum absolute atomic E-state index is 13.4. The largest absolute Gasteiger partial charge is 0.469 e. The Morgan fingerprint density at radius 1 is 0.643 bits per heavy atom. The third-order valence-electron chi connectivity index (χ3n) is 11.2. The molecule has 6 fully saturated rings. The van der Waals surface area contributed by atoms with Crippen molar-refractivity contribution in [2.45, 2.75) is 52.4 Å². The molecule has 0 amide bonds. The van der Waals surface area contributed by atoms with Crippen LogP contribution in [0, 0.1) is 70.0 Å². The van der Waals surface area contributed by atoms with E-state index in [1.54, 1.807) is 14.2 Å². The molecule has 4 nitrogen and oxygen atoms in total. The highest BCUT2D eigenvalue weighted by atomic mass is 16.5. The van der Waals surface area contributed by atoms with E-state index in [2.05, 4.69) is 13.8 Å². The lowest BCUT2D eigenvalue weighted by molar-refractivity contribution is -0.160. The van der Waals surface area contributed by atoms with E-state index in [-0.39, 0.29) is 22.8 Å². The van der Waals surface area contributed by atoms with Crippen molar-refractivity contribution in [1.29, 1.82) is 0 Å². The number of hydrogen-bond acceptors (Lipinski definition) is 4. The van der Waals surface area contributed by atoms with E-state index in [9.17, 15) is 9.59 Å². The molecule has 6 rings (SSSR count). The lowest BCUT2D eigenvalue weighted by Gasteiger charge is -2.40. The van der Waals surface area contributed by atoms with Crippen LogP contribution < -0.4 is 0 Å². The highest BCUT2D eigenvalue weighted by Gasteiger charge is 2.84. The van der Waals surface area contributed by atoms with Crippen molar-refractivity contribution >= 4 is 11.9 Å². The van der Waals surface area contributed by atoms with Crippen molar-refractivity contribution in [2.75, 3.05) is 14.2 Å². The molecule has 0 aliphatic heterocycles. The molecule has 6 saturated carbocycles. The minimum Gasteiger partial charge on any atom is -0.469 e. The maximum atomic E-state index is 13.4. The summed E-state index contributed by atoms with van der Waals surface area (Å²) < 4.78 is 11.0. The van der Waals surface area contributed by atoms with Crippen molar-refractivity contribution in [2.24, 2.45) is 70.0 Å². The average molecular weight is 387 g/mol. The Labute approximate surface area is 168 Å². The number of methoxy groups -OCH3 is 2. The Morgan fingerprint density at radius 3 is 1.18 bits per heavy atom. The van der Waals surface area contributed by atoms with Crippen molar-refractivity contribution in [3.8, 4) is 0 Å². The minimum atomic E-state index is -0.356. The van der Waals surface area contributed by atoms with Crippen molar-refractivity contribution in [3.63, 3.8) is 0 Å². The Balaban J connectivity index is 1.59. The number of hydrogen-bond donors (Lipinski definition) is 0. The van der Waals surface area contributed by atoms with Crippen LogP contribution in [0.4, 0.5) is 0 Å². The van der Waals surface area contributed by atoms with Crippen molar-refractivity contribution in [3.05, 3.63) is 0 Å². The molecule has 0 bridgehead atoms. The SMILES string of the molecule is COC(=O)C1(C)[C@@H]2C3C4[C@H]1[C@@H]1CCC[C@@H]1[C@H]4C(C)(C(=O)OC)[C@@H]3[C@H]1CCC[C@H]12. The van der Waals surface area contributed by atoms with Crippen LogP contribution in [0.5, 0.6) is 0 Å². The fourth-order valence-electron chi connectivity index (χ4n) is 11.2. The third kappa shape index (κ3) is 1.59. The summed E-state index contributed by atoms with van der Waals surface area (Å²) in [4.78, 5) is 26.7. The average Bonchev–Trinajstić information content (AvgIpc) is 3.45. The molecule has 4 heteroatoms. The summed E-state index contributed by atoms with van der Waals surface area (Å²) in [6.07, 6.45) is 7.40. The smallest absolute Gasteiger partial charge is 0.312 e. The van der Waals surface area contributed by atoms with Crippen molar-refractivity contribution in [1.82, 2.24) is 0 Å². The molecule has 12 atom stereocenters. The van der Waals surface area contributed by atoms with Crippen LogP contribution in [0.1, 0.15) is 52.4 Å². The molecule has 28 heavy (non-hydrogen) atoms. The minimum absolute atomic E-state index is 0.0364. The molecular weight excluding hydrogens is 352 g/mol. The van der Waals surface area contributed by atoms with E-state index in [1.165, 1.54) is 38.5 Å². The second-order valence-corrected chi connectivity index (χ2v) is 11.3. The molecule has 6 aliphatic carbocycles. The van der Waals surface area contributed by atoms with Gasteiger partial charge >= 0.3 is 11.9 Å². The van der Waals surface area contributed by atoms with Gasteiger partial charge in [0.25, 0.3) is 0 Å². The molecule has 0 spiro atoms. The fraction of sp³-hybridized carbons (Fsp3) is 0.917. The maximum Gasteiger partial charge on any atom is 0.312 e. The third-order valence-corrected chi connectivity index (χ3v) is 11.2. The van der Waals surface area contributed by atoms with Gasteiger partial charge in [0.1, 0.15) is 0 Å². The first-order valence-electron chi connectivity index (χ1n) is 11.6. The normalized spacial score (nSPS) is 59.9. The van der Waals surface area contributed by atoms with Gasteiger partial charge in [0.2, 0.25) is 0 Å². The number of esters is 2. The fourth-order valence-corrected chi connectivity index (χ4v) is 11.2. The molecule has 6 aliphatic rings. The van der Waals surface area contributed by atoms with E-state index in [4.69, 9.17) is 9.47 Å². The van der Waals surface area contributed by atoms with Crippen LogP contribution in [-0.2, 0) is 19.1 Å². The van der Waals surface area contributed by atoms with Gasteiger partial charge < -0.3 is 9.47 Å². The summed E-state index contributed by atoms with van der Waals surface area (Å²) in [5.41, 5.74) is -0.711. The van der Waals surface area contributed by atoms with Gasteiger partial charge in [-0.3, -0.25) is 9.59 Å². The monoisotopic (exact) mass is 386 g/mol. The zero-order chi connectivity index (χ0) is 19.6. The summed E-state index contributed by atoms with van der Waals surface area (Å²) >= 11 is 0. The molecule has 0 aromatic heterocycles. The molecular formula is C24H34O4. The second-order valence-electron chi connectivity index (χ2n) is 11.3. The van der Waals surface area contributed by atoms with Gasteiger partial charge in [0.15, 0.2) is 0 Å². The number of ether oxygens (including phenoxy) is 2. The summed E-state index contributed by atoms with van der Waals surface area (Å²) in [5, 5.41) is 0. The van der Waals surface area contributed by atoms with E-state index in [0.717, 1.165) is 0 Å². The molecule has 0 saturated heterocycles. The lowest BCUT2D eigenvalue weighted by atomic mass is 9.63. The van der Waals surface area contributed by atoms with Gasteiger partial charge in [0.05, 0.1) is 25.0 Å². The van der Waals surface area contributed by atoms with Crippen LogP contribution in [0.15, 0.2) is 0 Å². The zero-order valence-electron chi connectivity index (χ0n) is 17.6. The molecule has 0 aromatic carbocycles. The van der Waals surface area contributed by atoms with Gasteiger partial charge in [-0.25, -0.2) is 0 Å². The Hall–Kier alpha value is -1.06. The second kappa shape index (κ2) is 5.35. The molecule has 0 aromatic rings. The van der Waals surface area contributed by atoms with Crippen LogP contribution in [0.25, 0.3) is 0 Å². The lowest BCUT2D eigenvalue weighted by Crippen LogP contribution is -2.44. The summed E-state index contributed by atoms with van der Waals surface area (Å²) in [7, 11) is 3.16. The Kier molecular flexibility index (Phi) is 3.39. The predicted octanol–water partition coefficient (Wildman–Crippen LogP) is 3.93. The van der Waals surface area contributed by atoms with E-state index < -0.39 is 0 Å². The number of rotatable bonds is 2. The summed E-state index contributed by atoms with van der Waals surface area (Å²) in [6, 6.07) is 0. The van der Waals surface area contributed by atoms with Crippen molar-refractivity contribution < 1.29 is 19.1 Å². The quantitative estimate of drug-likeness (QED) is 0.675. The van der Waals surface area contributed by atoms with Gasteiger partial charge in [-0.1, -0.05) is 12.8 Å². The highest BCUT2D eigenvalue weighted by Crippen LogP contribution is 2.84. The van der Waals surface area contributed by atoms with Gasteiger partial charge in [-0.2, -0.15) is 0 Å². The van der Waals surface area contributed by atoms with Crippen LogP contribution in [0.2, 0.25) is 0 Å². The predicted molar refractivity (Wildman–Crippen MR) is 103 cm³/mol. The first kappa shape index (κ1) is 17.8. The summed E-state index contributed by atoms with van der Waals surface area (Å²) in [5.74, 6) is 5.10. The van der Waals surface area contributed by atoms with Crippen LogP contribution in [-0.4, -0.2) is 26.2 Å². The van der Waals surface area contributed by atoms with E-state index in [0.29, 0.717) is 59.2 Å². The number of carbonyl (C=O) groups is 2. The zero-order valence-corrected chi connectivity index (χ0v) is 17.6. The Morgan fingerprint density at radius 2 is 0.929 bits per heavy atom. The Bertz CT molecular complexity index is 645. The highest BCUT2D eigenvalue weighted by molar-refractivity contribution is 5.81. The van der Waals surface area contributed by atoms with Gasteiger partial charge in [-0.05, 0) is 98.7 Å². The van der Waals surface area contributed by atoms with E-state index in [1.807, 2.05) is 0 Å². The molecule has 0 heterocycles. The molecule has 0 N–H and O–H groups in total. The summed E-state index contributed by atoms with van der Waals surface area (Å²) in [6.45, 7) is 4.52. The number of fused-ring (bicyclic) bond motifs is 6. The molecule has 0 radical (unpaired) electrons. The molecule has 154 valence electrons. The first-order valence-corrected chi connectivity index (χ1v) is 11.6. The standard InChI is InChI=1S/C24H34O4/c1-23(21(25)27-3)17-11-7-5-9-13(11)19-15(17)16-18(23)12-8-6-10-14(12)20(16)24(19,2)22(26)28-4/h11-20H,5-10H2,1-4H3/t11-,12-,13+,14+,15?,16?,17-,18+,19-,20-,23?,24?/m1/s1. The topological polar surface area (TPSA) is 52.6 Å². The van der Waals surface area contributed by atoms with Crippen LogP contribution in [0.3, 0.4) is 0 Å². The number of carbonyl (C=O) groups excluding carboxylic acids is 2. The van der Waals surface area contributed by atoms with E-state index >= 15 is 0 Å². The van der Waals surface area contributed by atoms with Gasteiger partial charge in [0, 0.05) is 0 Å². The first-order chi connectivity index (χ1) is 13.4. The van der Waals surface area contributed by atoms with Crippen LogP contribution >= 0.6 is 0 Å².